The highest BCUT2D eigenvalue weighted by atomic mass is 35.5. The topological polar surface area (TPSA) is 72.2 Å². The number of amides is 1. The van der Waals surface area contributed by atoms with Crippen LogP contribution in [-0.2, 0) is 0 Å². The van der Waals surface area contributed by atoms with Crippen LogP contribution in [0, 0.1) is 21.8 Å². The van der Waals surface area contributed by atoms with E-state index in [9.17, 15) is 19.3 Å². The molecule has 1 N–H and O–H groups in total. The third kappa shape index (κ3) is 3.91. The van der Waals surface area contributed by atoms with E-state index in [0.29, 0.717) is 5.88 Å². The number of nitrogens with one attached hydrogen (secondary N) is 1. The molecule has 1 saturated carbocycles. The monoisotopic (exact) mass is 314 g/mol. The van der Waals surface area contributed by atoms with Crippen molar-refractivity contribution in [2.45, 2.75) is 31.7 Å². The zero-order chi connectivity index (χ0) is 15.4. The van der Waals surface area contributed by atoms with E-state index < -0.39 is 22.3 Å². The van der Waals surface area contributed by atoms with Crippen molar-refractivity contribution < 1.29 is 14.1 Å². The van der Waals surface area contributed by atoms with Gasteiger partial charge in [-0.1, -0.05) is 12.8 Å². The van der Waals surface area contributed by atoms with Crippen molar-refractivity contribution in [2.75, 3.05) is 5.88 Å². The Balaban J connectivity index is 2.14. The smallest absolute Gasteiger partial charge is 0.273 e. The molecule has 0 bridgehead atoms. The molecule has 5 nitrogen and oxygen atoms in total. The average Bonchev–Trinajstić information content (AvgIpc) is 2.47. The summed E-state index contributed by atoms with van der Waals surface area (Å²) in [5, 5.41) is 13.5. The van der Waals surface area contributed by atoms with E-state index in [4.69, 9.17) is 11.6 Å². The van der Waals surface area contributed by atoms with Crippen molar-refractivity contribution in [3.63, 3.8) is 0 Å². The van der Waals surface area contributed by atoms with E-state index >= 15 is 0 Å². The maximum Gasteiger partial charge on any atom is 0.273 e. The number of carbonyl (C=O) groups excluding carboxylic acids is 1. The van der Waals surface area contributed by atoms with Crippen molar-refractivity contribution >= 4 is 23.2 Å². The number of hydrogen-bond donors (Lipinski definition) is 1. The largest absolute Gasteiger partial charge is 0.349 e. The molecule has 2 unspecified atom stereocenters. The molecular formula is C14H16ClFN2O3. The molecule has 1 fully saturated rings. The third-order valence-corrected chi connectivity index (χ3v) is 4.18. The van der Waals surface area contributed by atoms with Crippen LogP contribution in [0.4, 0.5) is 10.1 Å². The Labute approximate surface area is 126 Å². The van der Waals surface area contributed by atoms with E-state index in [2.05, 4.69) is 5.32 Å². The molecule has 0 radical (unpaired) electrons. The number of halogens is 2. The summed E-state index contributed by atoms with van der Waals surface area (Å²) in [7, 11) is 0. The highest BCUT2D eigenvalue weighted by Gasteiger charge is 2.26. The molecule has 2 atom stereocenters. The van der Waals surface area contributed by atoms with Gasteiger partial charge in [-0.2, -0.15) is 0 Å². The van der Waals surface area contributed by atoms with Crippen LogP contribution in [0.1, 0.15) is 36.0 Å². The van der Waals surface area contributed by atoms with E-state index in [1.54, 1.807) is 0 Å². The van der Waals surface area contributed by atoms with Crippen LogP contribution in [0.25, 0.3) is 0 Å². The lowest BCUT2D eigenvalue weighted by atomic mass is 9.85. The van der Waals surface area contributed by atoms with Gasteiger partial charge in [-0.3, -0.25) is 14.9 Å². The minimum Gasteiger partial charge on any atom is -0.349 e. The van der Waals surface area contributed by atoms with Crippen LogP contribution in [0.15, 0.2) is 18.2 Å². The average molecular weight is 315 g/mol. The number of rotatable bonds is 4. The molecule has 0 heterocycles. The van der Waals surface area contributed by atoms with Gasteiger partial charge in [0.05, 0.1) is 11.0 Å². The molecule has 1 aliphatic carbocycles. The summed E-state index contributed by atoms with van der Waals surface area (Å²) >= 11 is 5.90. The van der Waals surface area contributed by atoms with E-state index in [1.165, 1.54) is 0 Å². The molecular weight excluding hydrogens is 299 g/mol. The van der Waals surface area contributed by atoms with Gasteiger partial charge in [-0.05, 0) is 24.8 Å². The fourth-order valence-electron chi connectivity index (χ4n) is 2.64. The maximum absolute atomic E-state index is 13.4. The molecule has 0 spiro atoms. The number of carbonyl (C=O) groups is 1. The maximum atomic E-state index is 13.4. The summed E-state index contributed by atoms with van der Waals surface area (Å²) in [4.78, 5) is 22.1. The normalized spacial score (nSPS) is 21.8. The Kier molecular flexibility index (Phi) is 5.12. The van der Waals surface area contributed by atoms with Crippen molar-refractivity contribution in [1.82, 2.24) is 5.32 Å². The minimum absolute atomic E-state index is 0.0411. The number of nitro groups is 1. The lowest BCUT2D eigenvalue weighted by Crippen LogP contribution is -2.42. The van der Waals surface area contributed by atoms with Crippen LogP contribution in [-0.4, -0.2) is 22.8 Å². The van der Waals surface area contributed by atoms with Crippen LogP contribution >= 0.6 is 11.6 Å². The Morgan fingerprint density at radius 3 is 2.76 bits per heavy atom. The van der Waals surface area contributed by atoms with Crippen LogP contribution in [0.3, 0.4) is 0 Å². The predicted molar refractivity (Wildman–Crippen MR) is 77.0 cm³/mol. The van der Waals surface area contributed by atoms with Gasteiger partial charge in [0.1, 0.15) is 5.82 Å². The minimum atomic E-state index is -0.799. The summed E-state index contributed by atoms with van der Waals surface area (Å²) < 4.78 is 13.4. The molecule has 1 amide bonds. The van der Waals surface area contributed by atoms with Crippen LogP contribution in [0.5, 0.6) is 0 Å². The number of benzene rings is 1. The SMILES string of the molecule is O=C(NC1CCCCC1CCl)c1cc(F)cc([N+](=O)[O-])c1. The molecule has 21 heavy (non-hydrogen) atoms. The lowest BCUT2D eigenvalue weighted by molar-refractivity contribution is -0.385. The Morgan fingerprint density at radius 2 is 2.10 bits per heavy atom. The third-order valence-electron chi connectivity index (χ3n) is 3.78. The van der Waals surface area contributed by atoms with E-state index in [-0.39, 0.29) is 17.5 Å². The molecule has 0 saturated heterocycles. The highest BCUT2D eigenvalue weighted by Crippen LogP contribution is 2.26. The molecule has 114 valence electrons. The first-order valence-electron chi connectivity index (χ1n) is 6.83. The van der Waals surface area contributed by atoms with Crippen LogP contribution < -0.4 is 5.32 Å². The standard InChI is InChI=1S/C14H16ClFN2O3/c15-8-9-3-1-2-4-13(9)17-14(19)10-5-11(16)7-12(6-10)18(20)21/h5-7,9,13H,1-4,8H2,(H,17,19). The van der Waals surface area contributed by atoms with Gasteiger partial charge < -0.3 is 5.32 Å². The second kappa shape index (κ2) is 6.85. The highest BCUT2D eigenvalue weighted by molar-refractivity contribution is 6.18. The van der Waals surface area contributed by atoms with Gasteiger partial charge in [0.25, 0.3) is 11.6 Å². The molecule has 1 aliphatic rings. The molecule has 2 rings (SSSR count). The summed E-state index contributed by atoms with van der Waals surface area (Å²) in [6, 6.07) is 2.81. The van der Waals surface area contributed by atoms with E-state index in [1.807, 2.05) is 0 Å². The van der Waals surface area contributed by atoms with Gasteiger partial charge >= 0.3 is 0 Å². The Hall–Kier alpha value is -1.69. The van der Waals surface area contributed by atoms with Crippen molar-refractivity contribution in [3.8, 4) is 0 Å². The zero-order valence-corrected chi connectivity index (χ0v) is 12.1. The molecule has 7 heteroatoms. The summed E-state index contributed by atoms with van der Waals surface area (Å²) in [6.07, 6.45) is 3.84. The van der Waals surface area contributed by atoms with E-state index in [0.717, 1.165) is 43.9 Å². The van der Waals surface area contributed by atoms with Gasteiger partial charge in [0.15, 0.2) is 0 Å². The second-order valence-electron chi connectivity index (χ2n) is 5.23. The fourth-order valence-corrected chi connectivity index (χ4v) is 3.01. The molecule has 0 aliphatic heterocycles. The van der Waals surface area contributed by atoms with Crippen molar-refractivity contribution in [1.29, 1.82) is 0 Å². The Bertz CT molecular complexity index is 553. The number of hydrogen-bond acceptors (Lipinski definition) is 3. The summed E-state index contributed by atoms with van der Waals surface area (Å²) in [5.74, 6) is -0.659. The quantitative estimate of drug-likeness (QED) is 0.526. The van der Waals surface area contributed by atoms with Gasteiger partial charge in [0, 0.05) is 23.6 Å². The van der Waals surface area contributed by atoms with Crippen molar-refractivity contribution in [3.05, 3.63) is 39.7 Å². The van der Waals surface area contributed by atoms with Gasteiger partial charge in [0.2, 0.25) is 0 Å². The first-order valence-corrected chi connectivity index (χ1v) is 7.36. The number of nitro benzene ring substituents is 1. The van der Waals surface area contributed by atoms with Gasteiger partial charge in [-0.25, -0.2) is 4.39 Å². The fraction of sp³-hybridized carbons (Fsp3) is 0.500. The molecule has 1 aromatic carbocycles. The van der Waals surface area contributed by atoms with Crippen LogP contribution in [0.2, 0.25) is 0 Å². The Morgan fingerprint density at radius 1 is 1.38 bits per heavy atom. The molecule has 1 aromatic rings. The molecule has 0 aromatic heterocycles. The first kappa shape index (κ1) is 15.7. The lowest BCUT2D eigenvalue weighted by Gasteiger charge is -2.30. The van der Waals surface area contributed by atoms with Crippen molar-refractivity contribution in [2.24, 2.45) is 5.92 Å². The zero-order valence-electron chi connectivity index (χ0n) is 11.4. The predicted octanol–water partition coefficient (Wildman–Crippen LogP) is 3.26. The number of non-ortho nitro benzene ring substituents is 1. The second-order valence-corrected chi connectivity index (χ2v) is 5.54. The first-order chi connectivity index (χ1) is 10.0. The summed E-state index contributed by atoms with van der Waals surface area (Å²) in [5.41, 5.74) is -0.474. The number of alkyl halides is 1. The summed E-state index contributed by atoms with van der Waals surface area (Å²) in [6.45, 7) is 0. The van der Waals surface area contributed by atoms with Gasteiger partial charge in [-0.15, -0.1) is 11.6 Å². The number of nitrogens with zero attached hydrogens (tertiary/aromatic N) is 1.